The van der Waals surface area contributed by atoms with E-state index in [0.717, 1.165) is 18.4 Å². The van der Waals surface area contributed by atoms with Gasteiger partial charge >= 0.3 is 0 Å². The first-order valence-electron chi connectivity index (χ1n) is 9.35. The minimum absolute atomic E-state index is 0.0565. The smallest absolute Gasteiger partial charge is 0.251 e. The van der Waals surface area contributed by atoms with E-state index in [0.29, 0.717) is 35.0 Å². The lowest BCUT2D eigenvalue weighted by Gasteiger charge is -2.27. The highest BCUT2D eigenvalue weighted by atomic mass is 19.1. The monoisotopic (exact) mass is 380 g/mol. The molecule has 2 amide bonds. The van der Waals surface area contributed by atoms with Gasteiger partial charge in [-0.3, -0.25) is 14.6 Å². The lowest BCUT2D eigenvalue weighted by molar-refractivity contribution is -0.122. The van der Waals surface area contributed by atoms with Crippen LogP contribution in [-0.2, 0) is 4.79 Å². The van der Waals surface area contributed by atoms with Crippen molar-refractivity contribution in [3.8, 4) is 11.3 Å². The number of benzene rings is 1. The summed E-state index contributed by atoms with van der Waals surface area (Å²) < 4.78 is 13.8. The maximum atomic E-state index is 13.8. The van der Waals surface area contributed by atoms with Crippen LogP contribution in [0.1, 0.15) is 36.0 Å². The SMILES string of the molecule is NC(=O)C1CCC(NC(=O)c2ccc(-c3ncc(F)c4[nH]ccc34)cc2)CC1. The molecule has 0 bridgehead atoms. The number of pyridine rings is 1. The summed E-state index contributed by atoms with van der Waals surface area (Å²) in [5.74, 6) is -0.883. The molecule has 28 heavy (non-hydrogen) atoms. The molecule has 0 unspecified atom stereocenters. The summed E-state index contributed by atoms with van der Waals surface area (Å²) in [4.78, 5) is 30.8. The molecular weight excluding hydrogens is 359 g/mol. The van der Waals surface area contributed by atoms with E-state index in [1.54, 1.807) is 24.4 Å². The van der Waals surface area contributed by atoms with Gasteiger partial charge in [0.15, 0.2) is 5.82 Å². The molecule has 7 heteroatoms. The van der Waals surface area contributed by atoms with Crippen LogP contribution in [-0.4, -0.2) is 27.8 Å². The van der Waals surface area contributed by atoms with Crippen molar-refractivity contribution in [1.82, 2.24) is 15.3 Å². The third kappa shape index (κ3) is 3.47. The molecule has 1 saturated carbocycles. The van der Waals surface area contributed by atoms with Crippen molar-refractivity contribution in [3.05, 3.63) is 54.1 Å². The Hall–Kier alpha value is -3.22. The number of nitrogens with one attached hydrogen (secondary N) is 2. The second-order valence-corrected chi connectivity index (χ2v) is 7.22. The van der Waals surface area contributed by atoms with Crippen molar-refractivity contribution in [1.29, 1.82) is 0 Å². The Balaban J connectivity index is 1.46. The Labute approximate surface area is 161 Å². The number of amides is 2. The summed E-state index contributed by atoms with van der Waals surface area (Å²) in [7, 11) is 0. The minimum atomic E-state index is -0.397. The van der Waals surface area contributed by atoms with Crippen LogP contribution in [0.3, 0.4) is 0 Å². The highest BCUT2D eigenvalue weighted by molar-refractivity contribution is 5.96. The Morgan fingerprint density at radius 2 is 1.82 bits per heavy atom. The number of aromatic amines is 1. The molecule has 1 aliphatic carbocycles. The van der Waals surface area contributed by atoms with Gasteiger partial charge in [0.05, 0.1) is 17.4 Å². The van der Waals surface area contributed by atoms with Crippen molar-refractivity contribution in [2.24, 2.45) is 11.7 Å². The lowest BCUT2D eigenvalue weighted by atomic mass is 9.85. The number of nitrogens with zero attached hydrogens (tertiary/aromatic N) is 1. The maximum absolute atomic E-state index is 13.8. The highest BCUT2D eigenvalue weighted by Crippen LogP contribution is 2.28. The Morgan fingerprint density at radius 3 is 2.50 bits per heavy atom. The van der Waals surface area contributed by atoms with E-state index >= 15 is 0 Å². The van der Waals surface area contributed by atoms with Gasteiger partial charge in [-0.15, -0.1) is 0 Å². The van der Waals surface area contributed by atoms with Crippen molar-refractivity contribution >= 4 is 22.7 Å². The molecule has 1 fully saturated rings. The van der Waals surface area contributed by atoms with Gasteiger partial charge < -0.3 is 16.0 Å². The molecule has 0 radical (unpaired) electrons. The minimum Gasteiger partial charge on any atom is -0.369 e. The van der Waals surface area contributed by atoms with E-state index in [1.807, 2.05) is 12.1 Å². The zero-order chi connectivity index (χ0) is 19.7. The van der Waals surface area contributed by atoms with E-state index in [2.05, 4.69) is 15.3 Å². The molecule has 0 atom stereocenters. The summed E-state index contributed by atoms with van der Waals surface area (Å²) in [5, 5.41) is 3.72. The topological polar surface area (TPSA) is 101 Å². The molecule has 6 nitrogen and oxygen atoms in total. The number of aromatic nitrogens is 2. The van der Waals surface area contributed by atoms with Gasteiger partial charge in [-0.05, 0) is 43.9 Å². The molecule has 2 aromatic heterocycles. The Morgan fingerprint density at radius 1 is 1.11 bits per heavy atom. The first kappa shape index (κ1) is 18.2. The molecule has 0 spiro atoms. The number of hydrogen-bond donors (Lipinski definition) is 3. The first-order chi connectivity index (χ1) is 13.5. The molecule has 1 aromatic carbocycles. The second kappa shape index (κ2) is 7.42. The average molecular weight is 380 g/mol. The van der Waals surface area contributed by atoms with Crippen LogP contribution in [0.2, 0.25) is 0 Å². The van der Waals surface area contributed by atoms with Gasteiger partial charge in [-0.25, -0.2) is 4.39 Å². The second-order valence-electron chi connectivity index (χ2n) is 7.22. The molecule has 4 N–H and O–H groups in total. The average Bonchev–Trinajstić information content (AvgIpc) is 3.20. The van der Waals surface area contributed by atoms with E-state index in [4.69, 9.17) is 5.73 Å². The van der Waals surface area contributed by atoms with Gasteiger partial charge in [-0.2, -0.15) is 0 Å². The molecule has 144 valence electrons. The van der Waals surface area contributed by atoms with Crippen molar-refractivity contribution in [2.45, 2.75) is 31.7 Å². The van der Waals surface area contributed by atoms with Crippen LogP contribution in [0.4, 0.5) is 4.39 Å². The van der Waals surface area contributed by atoms with Crippen LogP contribution in [0.25, 0.3) is 22.2 Å². The summed E-state index contributed by atoms with van der Waals surface area (Å²) in [6, 6.07) is 8.94. The van der Waals surface area contributed by atoms with Crippen LogP contribution in [0, 0.1) is 11.7 Å². The van der Waals surface area contributed by atoms with Crippen LogP contribution >= 0.6 is 0 Å². The van der Waals surface area contributed by atoms with Crippen molar-refractivity contribution in [2.75, 3.05) is 0 Å². The quantitative estimate of drug-likeness (QED) is 0.648. The molecule has 0 aliphatic heterocycles. The number of fused-ring (bicyclic) bond motifs is 1. The van der Waals surface area contributed by atoms with E-state index in [1.165, 1.54) is 6.20 Å². The Bertz CT molecular complexity index is 1020. The Kier molecular flexibility index (Phi) is 4.81. The molecular formula is C21H21FN4O2. The standard InChI is InChI=1S/C21H21FN4O2/c22-17-11-25-18(16-9-10-24-19(16)17)12-1-3-14(4-2-12)21(28)26-15-7-5-13(6-8-15)20(23)27/h1-4,9-11,13,15,24H,5-8H2,(H2,23,27)(H,26,28). The first-order valence-corrected chi connectivity index (χ1v) is 9.35. The number of carbonyl (C=O) groups excluding carboxylic acids is 2. The number of carbonyl (C=O) groups is 2. The molecule has 2 heterocycles. The van der Waals surface area contributed by atoms with E-state index < -0.39 is 5.82 Å². The maximum Gasteiger partial charge on any atom is 0.251 e. The van der Waals surface area contributed by atoms with Crippen molar-refractivity contribution in [3.63, 3.8) is 0 Å². The molecule has 1 aliphatic rings. The van der Waals surface area contributed by atoms with Crippen LogP contribution in [0.15, 0.2) is 42.7 Å². The largest absolute Gasteiger partial charge is 0.369 e. The van der Waals surface area contributed by atoms with Gasteiger partial charge in [0.2, 0.25) is 5.91 Å². The van der Waals surface area contributed by atoms with Gasteiger partial charge in [0, 0.05) is 34.7 Å². The van der Waals surface area contributed by atoms with E-state index in [9.17, 15) is 14.0 Å². The molecule has 0 saturated heterocycles. The van der Waals surface area contributed by atoms with Gasteiger partial charge in [-0.1, -0.05) is 12.1 Å². The number of halogens is 1. The third-order valence-electron chi connectivity index (χ3n) is 5.43. The predicted molar refractivity (Wildman–Crippen MR) is 104 cm³/mol. The number of nitrogens with two attached hydrogens (primary N) is 1. The van der Waals surface area contributed by atoms with Crippen LogP contribution < -0.4 is 11.1 Å². The fourth-order valence-corrected chi connectivity index (χ4v) is 3.82. The predicted octanol–water partition coefficient (Wildman–Crippen LogP) is 3.14. The van der Waals surface area contributed by atoms with E-state index in [-0.39, 0.29) is 23.8 Å². The summed E-state index contributed by atoms with van der Waals surface area (Å²) >= 11 is 0. The number of hydrogen-bond acceptors (Lipinski definition) is 3. The van der Waals surface area contributed by atoms with Gasteiger partial charge in [0.25, 0.3) is 5.91 Å². The number of H-pyrrole nitrogens is 1. The van der Waals surface area contributed by atoms with Gasteiger partial charge in [0.1, 0.15) is 0 Å². The normalized spacial score (nSPS) is 19.5. The third-order valence-corrected chi connectivity index (χ3v) is 5.43. The zero-order valence-electron chi connectivity index (χ0n) is 15.2. The summed E-state index contributed by atoms with van der Waals surface area (Å²) in [5.41, 5.74) is 7.78. The van der Waals surface area contributed by atoms with Crippen molar-refractivity contribution < 1.29 is 14.0 Å². The van der Waals surface area contributed by atoms with Crippen LogP contribution in [0.5, 0.6) is 0 Å². The summed E-state index contributed by atoms with van der Waals surface area (Å²) in [6.07, 6.45) is 5.79. The molecule has 4 rings (SSSR count). The number of rotatable bonds is 4. The zero-order valence-corrected chi connectivity index (χ0v) is 15.2. The highest BCUT2D eigenvalue weighted by Gasteiger charge is 2.25. The number of primary amides is 1. The fourth-order valence-electron chi connectivity index (χ4n) is 3.82. The summed E-state index contributed by atoms with van der Waals surface area (Å²) in [6.45, 7) is 0. The fraction of sp³-hybridized carbons (Fsp3) is 0.286. The lowest BCUT2D eigenvalue weighted by Crippen LogP contribution is -2.39. The molecule has 3 aromatic rings.